The van der Waals surface area contributed by atoms with Crippen molar-refractivity contribution in [1.29, 1.82) is 0 Å². The predicted octanol–water partition coefficient (Wildman–Crippen LogP) is 5.53. The fraction of sp³-hybridized carbons (Fsp3) is 0.143. The van der Waals surface area contributed by atoms with E-state index in [2.05, 4.69) is 15.6 Å². The minimum Gasteiger partial charge on any atom is -0.364 e. The highest BCUT2D eigenvalue weighted by atomic mass is 19.4. The van der Waals surface area contributed by atoms with Gasteiger partial charge in [0.2, 0.25) is 0 Å². The smallest absolute Gasteiger partial charge is 0.364 e. The van der Waals surface area contributed by atoms with E-state index < -0.39 is 17.6 Å². The third-order valence-corrected chi connectivity index (χ3v) is 4.16. The number of carbonyl (C=O) groups is 1. The van der Waals surface area contributed by atoms with Crippen LogP contribution in [0.15, 0.2) is 72.9 Å². The van der Waals surface area contributed by atoms with Gasteiger partial charge in [0.25, 0.3) is 5.91 Å². The highest BCUT2D eigenvalue weighted by Gasteiger charge is 2.30. The number of amides is 1. The van der Waals surface area contributed by atoms with Crippen molar-refractivity contribution < 1.29 is 18.0 Å². The number of rotatable bonds is 5. The highest BCUT2D eigenvalue weighted by Crippen LogP contribution is 2.29. The van der Waals surface area contributed by atoms with E-state index in [0.717, 1.165) is 29.8 Å². The van der Waals surface area contributed by atoms with E-state index in [9.17, 15) is 18.0 Å². The first-order chi connectivity index (χ1) is 13.3. The molecule has 2 N–H and O–H groups in total. The average Bonchev–Trinajstić information content (AvgIpc) is 2.69. The zero-order valence-corrected chi connectivity index (χ0v) is 15.0. The molecule has 0 aliphatic rings. The van der Waals surface area contributed by atoms with E-state index in [-0.39, 0.29) is 11.6 Å². The van der Waals surface area contributed by atoms with Crippen molar-refractivity contribution in [3.8, 4) is 0 Å². The maximum atomic E-state index is 12.6. The number of alkyl halides is 3. The second-order valence-electron chi connectivity index (χ2n) is 6.24. The van der Waals surface area contributed by atoms with Crippen molar-refractivity contribution in [1.82, 2.24) is 4.98 Å². The van der Waals surface area contributed by atoms with Crippen molar-refractivity contribution in [2.45, 2.75) is 19.1 Å². The van der Waals surface area contributed by atoms with Crippen LogP contribution in [0.4, 0.5) is 24.7 Å². The van der Waals surface area contributed by atoms with Crippen molar-refractivity contribution in [2.24, 2.45) is 0 Å². The molecule has 0 bridgehead atoms. The zero-order valence-electron chi connectivity index (χ0n) is 15.0. The van der Waals surface area contributed by atoms with Gasteiger partial charge in [-0.15, -0.1) is 0 Å². The van der Waals surface area contributed by atoms with Gasteiger partial charge < -0.3 is 10.6 Å². The van der Waals surface area contributed by atoms with Crippen molar-refractivity contribution in [2.75, 3.05) is 10.6 Å². The fourth-order valence-corrected chi connectivity index (χ4v) is 2.61. The summed E-state index contributed by atoms with van der Waals surface area (Å²) in [5.41, 5.74) is 0.897. The van der Waals surface area contributed by atoms with Crippen LogP contribution in [0, 0.1) is 0 Å². The molecule has 0 aliphatic heterocycles. The number of hydrogen-bond acceptors (Lipinski definition) is 3. The third-order valence-electron chi connectivity index (χ3n) is 4.16. The molecule has 0 spiro atoms. The SMILES string of the molecule is CC(Nc1ccc(NC(=O)c2ccc(C(F)(F)F)cc2)cn1)c1ccccc1. The van der Waals surface area contributed by atoms with Gasteiger partial charge in [-0.3, -0.25) is 4.79 Å². The topological polar surface area (TPSA) is 54.0 Å². The lowest BCUT2D eigenvalue weighted by molar-refractivity contribution is -0.137. The molecule has 0 aliphatic carbocycles. The van der Waals surface area contributed by atoms with Crippen LogP contribution < -0.4 is 10.6 Å². The van der Waals surface area contributed by atoms with Gasteiger partial charge in [-0.1, -0.05) is 30.3 Å². The lowest BCUT2D eigenvalue weighted by Crippen LogP contribution is -2.13. The first kappa shape index (κ1) is 19.4. The molecule has 0 saturated heterocycles. The Morgan fingerprint density at radius 1 is 0.964 bits per heavy atom. The van der Waals surface area contributed by atoms with Crippen LogP contribution >= 0.6 is 0 Å². The van der Waals surface area contributed by atoms with Gasteiger partial charge >= 0.3 is 6.18 Å². The highest BCUT2D eigenvalue weighted by molar-refractivity contribution is 6.04. The minimum atomic E-state index is -4.43. The predicted molar refractivity (Wildman–Crippen MR) is 102 cm³/mol. The quantitative estimate of drug-likeness (QED) is 0.608. The standard InChI is InChI=1S/C21H18F3N3O/c1-14(15-5-3-2-4-6-15)26-19-12-11-18(13-25-19)27-20(28)16-7-9-17(10-8-16)21(22,23)24/h2-14H,1H3,(H,25,26)(H,27,28). The van der Waals surface area contributed by atoms with E-state index >= 15 is 0 Å². The summed E-state index contributed by atoms with van der Waals surface area (Å²) in [5.74, 6) is 0.137. The van der Waals surface area contributed by atoms with E-state index in [1.54, 1.807) is 12.1 Å². The summed E-state index contributed by atoms with van der Waals surface area (Å²) < 4.78 is 37.8. The first-order valence-corrected chi connectivity index (χ1v) is 8.59. The fourth-order valence-electron chi connectivity index (χ4n) is 2.61. The average molecular weight is 385 g/mol. The monoisotopic (exact) mass is 385 g/mol. The molecule has 4 nitrogen and oxygen atoms in total. The lowest BCUT2D eigenvalue weighted by atomic mass is 10.1. The number of anilines is 2. The second kappa shape index (κ2) is 8.12. The van der Waals surface area contributed by atoms with Crippen LogP contribution in [0.1, 0.15) is 34.5 Å². The van der Waals surface area contributed by atoms with Gasteiger partial charge in [0.05, 0.1) is 17.4 Å². The molecule has 0 saturated carbocycles. The molecular weight excluding hydrogens is 367 g/mol. The van der Waals surface area contributed by atoms with Crippen LogP contribution in [0.3, 0.4) is 0 Å². The van der Waals surface area contributed by atoms with Gasteiger partial charge in [0.1, 0.15) is 5.82 Å². The molecular formula is C21H18F3N3O. The molecule has 1 unspecified atom stereocenters. The zero-order chi connectivity index (χ0) is 20.1. The second-order valence-corrected chi connectivity index (χ2v) is 6.24. The van der Waals surface area contributed by atoms with E-state index in [4.69, 9.17) is 0 Å². The van der Waals surface area contributed by atoms with Gasteiger partial charge in [0, 0.05) is 11.6 Å². The largest absolute Gasteiger partial charge is 0.416 e. The number of carbonyl (C=O) groups excluding carboxylic acids is 1. The van der Waals surface area contributed by atoms with Gasteiger partial charge in [-0.25, -0.2) is 4.98 Å². The molecule has 0 fully saturated rings. The Balaban J connectivity index is 1.61. The van der Waals surface area contributed by atoms with Crippen molar-refractivity contribution in [3.05, 3.63) is 89.6 Å². The summed E-state index contributed by atoms with van der Waals surface area (Å²) >= 11 is 0. The molecule has 28 heavy (non-hydrogen) atoms. The molecule has 1 amide bonds. The van der Waals surface area contributed by atoms with Gasteiger partial charge in [-0.05, 0) is 48.9 Å². The number of halogens is 3. The maximum Gasteiger partial charge on any atom is 0.416 e. The van der Waals surface area contributed by atoms with Gasteiger partial charge in [0.15, 0.2) is 0 Å². The molecule has 7 heteroatoms. The Bertz CT molecular complexity index is 924. The molecule has 2 aromatic carbocycles. The first-order valence-electron chi connectivity index (χ1n) is 8.59. The molecule has 0 radical (unpaired) electrons. The summed E-state index contributed by atoms with van der Waals surface area (Å²) in [6.45, 7) is 2.01. The van der Waals surface area contributed by atoms with Crippen LogP contribution in [0.25, 0.3) is 0 Å². The Morgan fingerprint density at radius 3 is 2.21 bits per heavy atom. The summed E-state index contributed by atoms with van der Waals surface area (Å²) in [6.07, 6.45) is -2.94. The van der Waals surface area contributed by atoms with Crippen LogP contribution in [-0.2, 0) is 6.18 Å². The third kappa shape index (κ3) is 4.88. The van der Waals surface area contributed by atoms with Crippen molar-refractivity contribution >= 4 is 17.4 Å². The molecule has 144 valence electrons. The van der Waals surface area contributed by atoms with Gasteiger partial charge in [-0.2, -0.15) is 13.2 Å². The summed E-state index contributed by atoms with van der Waals surface area (Å²) in [7, 11) is 0. The molecule has 3 rings (SSSR count). The maximum absolute atomic E-state index is 12.6. The van der Waals surface area contributed by atoms with E-state index in [1.165, 1.54) is 6.20 Å². The van der Waals surface area contributed by atoms with E-state index in [1.807, 2.05) is 37.3 Å². The van der Waals surface area contributed by atoms with E-state index in [0.29, 0.717) is 11.5 Å². The Labute approximate surface area is 160 Å². The van der Waals surface area contributed by atoms with Crippen LogP contribution in [0.2, 0.25) is 0 Å². The van der Waals surface area contributed by atoms with Crippen LogP contribution in [0.5, 0.6) is 0 Å². The number of aromatic nitrogens is 1. The summed E-state index contributed by atoms with van der Waals surface area (Å²) in [4.78, 5) is 16.4. The normalized spacial score (nSPS) is 12.3. The molecule has 1 atom stereocenters. The number of hydrogen-bond donors (Lipinski definition) is 2. The lowest BCUT2D eigenvalue weighted by Gasteiger charge is -2.15. The Kier molecular flexibility index (Phi) is 5.63. The molecule has 3 aromatic rings. The number of benzene rings is 2. The number of nitrogens with zero attached hydrogens (tertiary/aromatic N) is 1. The number of pyridine rings is 1. The number of nitrogens with one attached hydrogen (secondary N) is 2. The minimum absolute atomic E-state index is 0.0567. The molecule has 1 heterocycles. The van der Waals surface area contributed by atoms with Crippen LogP contribution in [-0.4, -0.2) is 10.9 Å². The Morgan fingerprint density at radius 2 is 1.64 bits per heavy atom. The Hall–Kier alpha value is -3.35. The van der Waals surface area contributed by atoms with Crippen molar-refractivity contribution in [3.63, 3.8) is 0 Å². The molecule has 1 aromatic heterocycles. The summed E-state index contributed by atoms with van der Waals surface area (Å²) in [5, 5.41) is 5.88. The summed E-state index contributed by atoms with van der Waals surface area (Å²) in [6, 6.07) is 17.4.